The van der Waals surface area contributed by atoms with Crippen LogP contribution in [0.2, 0.25) is 0 Å². The molecule has 2 unspecified atom stereocenters. The van der Waals surface area contributed by atoms with Gasteiger partial charge in [0.05, 0.1) is 6.10 Å². The molecule has 1 aromatic carbocycles. The van der Waals surface area contributed by atoms with E-state index in [9.17, 15) is 22.7 Å². The van der Waals surface area contributed by atoms with Gasteiger partial charge in [-0.1, -0.05) is 12.1 Å². The summed E-state index contributed by atoms with van der Waals surface area (Å²) in [4.78, 5) is 8.00. The smallest absolute Gasteiger partial charge is 0.403 e. The van der Waals surface area contributed by atoms with Gasteiger partial charge in [-0.15, -0.1) is 13.2 Å². The van der Waals surface area contributed by atoms with E-state index in [0.717, 1.165) is 6.07 Å². The molecule has 1 saturated carbocycles. The summed E-state index contributed by atoms with van der Waals surface area (Å²) in [6.45, 7) is 2.00. The Morgan fingerprint density at radius 1 is 1.26 bits per heavy atom. The van der Waals surface area contributed by atoms with Crippen LogP contribution in [0.5, 0.6) is 5.75 Å². The zero-order valence-electron chi connectivity index (χ0n) is 13.8. The van der Waals surface area contributed by atoms with Gasteiger partial charge in [0.15, 0.2) is 11.6 Å². The standard InChI is InChI=1S/C13H15F4NO2.CH2O.H2O4S/c14-11-9(12(18)6-2-3-8(19)7-12)4-1-5-10(11)20-13(15,16)17;1-2;1-5(2,3)4/h1,4-5,8,19H,2-3,6-7,18H2;1H2;(H2,1,2,3,4). The highest BCUT2D eigenvalue weighted by Gasteiger charge is 2.38. The first-order valence-electron chi connectivity index (χ1n) is 7.22. The highest BCUT2D eigenvalue weighted by Crippen LogP contribution is 2.39. The van der Waals surface area contributed by atoms with Crippen molar-refractivity contribution < 1.29 is 49.7 Å². The number of alkyl halides is 3. The zero-order valence-corrected chi connectivity index (χ0v) is 14.6. The van der Waals surface area contributed by atoms with Gasteiger partial charge in [-0.2, -0.15) is 8.42 Å². The van der Waals surface area contributed by atoms with Gasteiger partial charge in [0, 0.05) is 11.1 Å². The third kappa shape index (κ3) is 9.63. The highest BCUT2D eigenvalue weighted by molar-refractivity contribution is 7.79. The molecule has 8 nitrogen and oxygen atoms in total. The summed E-state index contributed by atoms with van der Waals surface area (Å²) >= 11 is 0. The minimum absolute atomic E-state index is 0.0574. The predicted octanol–water partition coefficient (Wildman–Crippen LogP) is 1.98. The monoisotopic (exact) mass is 421 g/mol. The van der Waals surface area contributed by atoms with Gasteiger partial charge in [0.1, 0.15) is 6.79 Å². The van der Waals surface area contributed by atoms with Crippen molar-refractivity contribution in [1.82, 2.24) is 0 Å². The number of benzene rings is 1. The highest BCUT2D eigenvalue weighted by atomic mass is 32.3. The van der Waals surface area contributed by atoms with Crippen LogP contribution in [0.15, 0.2) is 18.2 Å². The predicted molar refractivity (Wildman–Crippen MR) is 84.7 cm³/mol. The Bertz CT molecular complexity index is 706. The lowest BCUT2D eigenvalue weighted by Crippen LogP contribution is -2.43. The summed E-state index contributed by atoms with van der Waals surface area (Å²) in [5.41, 5.74) is 4.84. The van der Waals surface area contributed by atoms with Crippen molar-refractivity contribution in [3.05, 3.63) is 29.6 Å². The van der Waals surface area contributed by atoms with Crippen LogP contribution >= 0.6 is 0 Å². The molecule has 5 N–H and O–H groups in total. The first kappa shape index (κ1) is 25.2. The van der Waals surface area contributed by atoms with E-state index >= 15 is 0 Å². The van der Waals surface area contributed by atoms with Crippen LogP contribution in [0.25, 0.3) is 0 Å². The Balaban J connectivity index is 0.000000838. The molecule has 0 spiro atoms. The number of ether oxygens (including phenoxy) is 1. The number of nitrogens with two attached hydrogens (primary N) is 1. The fourth-order valence-electron chi connectivity index (χ4n) is 2.62. The summed E-state index contributed by atoms with van der Waals surface area (Å²) in [6, 6.07) is 3.49. The molecule has 156 valence electrons. The van der Waals surface area contributed by atoms with Gasteiger partial charge >= 0.3 is 16.8 Å². The molecule has 1 aromatic rings. The molecule has 0 radical (unpaired) electrons. The second-order valence-corrected chi connectivity index (χ2v) is 6.42. The Morgan fingerprint density at radius 2 is 1.78 bits per heavy atom. The summed E-state index contributed by atoms with van der Waals surface area (Å²) in [5.74, 6) is -2.03. The first-order chi connectivity index (χ1) is 12.2. The number of carbonyl (C=O) groups is 1. The van der Waals surface area contributed by atoms with Gasteiger partial charge in [0.25, 0.3) is 0 Å². The normalized spacial score (nSPS) is 22.6. The van der Waals surface area contributed by atoms with Crippen LogP contribution < -0.4 is 10.5 Å². The van der Waals surface area contributed by atoms with Crippen LogP contribution in [0.4, 0.5) is 17.6 Å². The molecular weight excluding hydrogens is 402 g/mol. The first-order valence-corrected chi connectivity index (χ1v) is 8.61. The van der Waals surface area contributed by atoms with Gasteiger partial charge in [-0.3, -0.25) is 9.11 Å². The molecule has 27 heavy (non-hydrogen) atoms. The molecule has 0 amide bonds. The minimum atomic E-state index is -4.96. The largest absolute Gasteiger partial charge is 0.573 e. The van der Waals surface area contributed by atoms with Crippen molar-refractivity contribution >= 4 is 17.2 Å². The van der Waals surface area contributed by atoms with Crippen molar-refractivity contribution in [2.24, 2.45) is 5.73 Å². The van der Waals surface area contributed by atoms with Crippen molar-refractivity contribution in [3.63, 3.8) is 0 Å². The number of aliphatic hydroxyl groups is 1. The number of hydrogen-bond donors (Lipinski definition) is 4. The SMILES string of the molecule is C=O.NC1(c2cccc(OC(F)(F)F)c2F)CCCC(O)C1.O=S(=O)(O)O. The number of halogens is 4. The molecule has 0 heterocycles. The summed E-state index contributed by atoms with van der Waals surface area (Å²) < 4.78 is 86.0. The maximum atomic E-state index is 14.2. The second-order valence-electron chi connectivity index (χ2n) is 5.52. The lowest BCUT2D eigenvalue weighted by atomic mass is 9.76. The lowest BCUT2D eigenvalue weighted by molar-refractivity contribution is -0.275. The fourth-order valence-corrected chi connectivity index (χ4v) is 2.62. The van der Waals surface area contributed by atoms with E-state index in [1.807, 2.05) is 6.79 Å². The number of aliphatic hydroxyl groups excluding tert-OH is 1. The molecule has 1 fully saturated rings. The van der Waals surface area contributed by atoms with Crippen LogP contribution in [0.3, 0.4) is 0 Å². The molecule has 0 aliphatic heterocycles. The van der Waals surface area contributed by atoms with E-state index in [-0.39, 0.29) is 12.0 Å². The molecular formula is C14H19F4NO7S. The Kier molecular flexibility index (Phi) is 9.28. The minimum Gasteiger partial charge on any atom is -0.403 e. The van der Waals surface area contributed by atoms with E-state index in [1.165, 1.54) is 12.1 Å². The maximum Gasteiger partial charge on any atom is 0.573 e. The third-order valence-electron chi connectivity index (χ3n) is 3.49. The van der Waals surface area contributed by atoms with Crippen LogP contribution in [-0.4, -0.2) is 41.9 Å². The average Bonchev–Trinajstić information content (AvgIpc) is 2.48. The van der Waals surface area contributed by atoms with Crippen LogP contribution in [0.1, 0.15) is 31.2 Å². The second kappa shape index (κ2) is 9.94. The number of carbonyl (C=O) groups excluding carboxylic acids is 1. The molecule has 2 atom stereocenters. The molecule has 0 aromatic heterocycles. The molecule has 0 bridgehead atoms. The Morgan fingerprint density at radius 3 is 2.22 bits per heavy atom. The van der Waals surface area contributed by atoms with E-state index in [4.69, 9.17) is 28.1 Å². The van der Waals surface area contributed by atoms with Crippen molar-refractivity contribution in [2.45, 2.75) is 43.7 Å². The summed E-state index contributed by atoms with van der Waals surface area (Å²) in [7, 11) is -4.67. The van der Waals surface area contributed by atoms with E-state index in [0.29, 0.717) is 19.3 Å². The fraction of sp³-hybridized carbons (Fsp3) is 0.500. The third-order valence-corrected chi connectivity index (χ3v) is 3.49. The Hall–Kier alpha value is -1.80. The quantitative estimate of drug-likeness (QED) is 0.419. The molecule has 1 aliphatic carbocycles. The van der Waals surface area contributed by atoms with E-state index in [1.54, 1.807) is 0 Å². The average molecular weight is 421 g/mol. The Labute approximate surface area is 152 Å². The van der Waals surface area contributed by atoms with Gasteiger partial charge in [-0.05, 0) is 31.7 Å². The lowest BCUT2D eigenvalue weighted by Gasteiger charge is -2.36. The van der Waals surface area contributed by atoms with Gasteiger partial charge in [-0.25, -0.2) is 4.39 Å². The number of rotatable bonds is 2. The topological polar surface area (TPSA) is 147 Å². The molecule has 13 heteroatoms. The van der Waals surface area contributed by atoms with Crippen molar-refractivity contribution in [2.75, 3.05) is 0 Å². The molecule has 2 rings (SSSR count). The number of hydrogen-bond acceptors (Lipinski definition) is 6. The van der Waals surface area contributed by atoms with E-state index < -0.39 is 40.0 Å². The summed E-state index contributed by atoms with van der Waals surface area (Å²) in [5, 5.41) is 9.64. The van der Waals surface area contributed by atoms with Crippen LogP contribution in [-0.2, 0) is 20.7 Å². The zero-order chi connectivity index (χ0) is 21.5. The van der Waals surface area contributed by atoms with Crippen molar-refractivity contribution in [1.29, 1.82) is 0 Å². The van der Waals surface area contributed by atoms with Crippen LogP contribution in [0, 0.1) is 5.82 Å². The molecule has 1 aliphatic rings. The van der Waals surface area contributed by atoms with Gasteiger partial charge in [0.2, 0.25) is 0 Å². The van der Waals surface area contributed by atoms with Crippen molar-refractivity contribution in [3.8, 4) is 5.75 Å². The summed E-state index contributed by atoms with van der Waals surface area (Å²) in [6.07, 6.45) is -4.00. The van der Waals surface area contributed by atoms with E-state index in [2.05, 4.69) is 4.74 Å². The maximum absolute atomic E-state index is 14.2. The molecule has 0 saturated heterocycles. The van der Waals surface area contributed by atoms with Gasteiger partial charge < -0.3 is 20.4 Å².